The zero-order chi connectivity index (χ0) is 25.4. The molecule has 2 aliphatic carbocycles. The van der Waals surface area contributed by atoms with Crippen molar-refractivity contribution in [2.24, 2.45) is 11.8 Å². The Hall–Kier alpha value is -3.49. The molecule has 0 amide bonds. The molecule has 1 aromatic carbocycles. The largest absolute Gasteiger partial charge is 0.468 e. The molecule has 186 valence electrons. The first-order valence-electron chi connectivity index (χ1n) is 11.9. The first-order valence-corrected chi connectivity index (χ1v) is 11.9. The minimum atomic E-state index is -1.02. The van der Waals surface area contributed by atoms with Gasteiger partial charge in [-0.2, -0.15) is 0 Å². The van der Waals surface area contributed by atoms with Crippen LogP contribution in [0.25, 0.3) is 0 Å². The number of methoxy groups -OCH3 is 1. The molecule has 4 rings (SSSR count). The number of nitrogens with one attached hydrogen (secondary N) is 1. The number of carbonyl (C=O) groups excluding carboxylic acids is 3. The van der Waals surface area contributed by atoms with Crippen molar-refractivity contribution in [1.29, 1.82) is 0 Å². The summed E-state index contributed by atoms with van der Waals surface area (Å²) >= 11 is 0. The average Bonchev–Trinajstić information content (AvgIpc) is 3.31. The van der Waals surface area contributed by atoms with Crippen LogP contribution in [-0.2, 0) is 23.9 Å². The Labute approximate surface area is 203 Å². The van der Waals surface area contributed by atoms with Crippen molar-refractivity contribution in [3.8, 4) is 0 Å². The van der Waals surface area contributed by atoms with Crippen LogP contribution in [0.5, 0.6) is 0 Å². The third-order valence-corrected chi connectivity index (χ3v) is 7.30. The molecule has 1 saturated carbocycles. The smallest absolute Gasteiger partial charge is 0.337 e. The number of esters is 2. The van der Waals surface area contributed by atoms with E-state index in [1.807, 2.05) is 0 Å². The molecule has 0 saturated heterocycles. The lowest BCUT2D eigenvalue weighted by atomic mass is 9.69. The fraction of sp³-hybridized carbons (Fsp3) is 0.500. The van der Waals surface area contributed by atoms with Gasteiger partial charge in [-0.15, -0.1) is 0 Å². The number of dihydropyridines is 1. The van der Waals surface area contributed by atoms with Gasteiger partial charge in [-0.25, -0.2) is 4.79 Å². The second-order valence-corrected chi connectivity index (χ2v) is 9.65. The molecule has 0 radical (unpaired) electrons. The van der Waals surface area contributed by atoms with Gasteiger partial charge in [0, 0.05) is 34.5 Å². The van der Waals surface area contributed by atoms with Gasteiger partial charge in [-0.1, -0.05) is 19.1 Å². The van der Waals surface area contributed by atoms with Crippen molar-refractivity contribution in [2.75, 3.05) is 7.11 Å². The topological polar surface area (TPSA) is 125 Å². The van der Waals surface area contributed by atoms with E-state index in [1.165, 1.54) is 13.2 Å². The predicted molar refractivity (Wildman–Crippen MR) is 126 cm³/mol. The molecule has 9 nitrogen and oxygen atoms in total. The maximum atomic E-state index is 13.8. The standard InChI is InChI=1S/C26H30N2O7/c1-13-9-10-16(12-19(13)28(32)33)22-21(26(31)35-17-7-5-6-8-17)15(3)27-18-11-14(2)20(25(30)34-4)24(29)23(18)22/h9-10,12,14,17,20,22,27H,5-8,11H2,1-4H3. The first kappa shape index (κ1) is 24.6. The summed E-state index contributed by atoms with van der Waals surface area (Å²) in [5, 5.41) is 14.9. The van der Waals surface area contributed by atoms with Crippen LogP contribution in [-0.4, -0.2) is 35.9 Å². The van der Waals surface area contributed by atoms with E-state index in [4.69, 9.17) is 9.47 Å². The first-order chi connectivity index (χ1) is 16.6. The number of ether oxygens (including phenoxy) is 2. The molecule has 1 aromatic rings. The van der Waals surface area contributed by atoms with Crippen LogP contribution in [0.2, 0.25) is 0 Å². The molecule has 0 spiro atoms. The number of carbonyl (C=O) groups is 3. The second-order valence-electron chi connectivity index (χ2n) is 9.65. The summed E-state index contributed by atoms with van der Waals surface area (Å²) in [6.45, 7) is 5.18. The molecular formula is C26H30N2O7. The number of hydrogen-bond acceptors (Lipinski definition) is 8. The van der Waals surface area contributed by atoms with Gasteiger partial charge in [-0.3, -0.25) is 19.7 Å². The van der Waals surface area contributed by atoms with Crippen LogP contribution in [0.1, 0.15) is 63.0 Å². The summed E-state index contributed by atoms with van der Waals surface area (Å²) < 4.78 is 10.7. The molecule has 3 atom stereocenters. The van der Waals surface area contributed by atoms with E-state index in [0.29, 0.717) is 28.9 Å². The molecule has 1 heterocycles. The van der Waals surface area contributed by atoms with Crippen molar-refractivity contribution in [3.63, 3.8) is 0 Å². The van der Waals surface area contributed by atoms with Crippen molar-refractivity contribution in [3.05, 3.63) is 62.0 Å². The second kappa shape index (κ2) is 9.64. The van der Waals surface area contributed by atoms with Gasteiger partial charge in [0.05, 0.1) is 17.6 Å². The quantitative estimate of drug-likeness (QED) is 0.289. The summed E-state index contributed by atoms with van der Waals surface area (Å²) in [6.07, 6.45) is 3.72. The molecule has 9 heteroatoms. The number of aryl methyl sites for hydroxylation is 1. The monoisotopic (exact) mass is 482 g/mol. The summed E-state index contributed by atoms with van der Waals surface area (Å²) in [5.41, 5.74) is 2.45. The molecule has 1 N–H and O–H groups in total. The van der Waals surface area contributed by atoms with Crippen molar-refractivity contribution < 1.29 is 28.8 Å². The lowest BCUT2D eigenvalue weighted by molar-refractivity contribution is -0.385. The van der Waals surface area contributed by atoms with Gasteiger partial charge >= 0.3 is 11.9 Å². The number of rotatable bonds is 5. The third-order valence-electron chi connectivity index (χ3n) is 7.30. The zero-order valence-electron chi connectivity index (χ0n) is 20.4. The lowest BCUT2D eigenvalue weighted by Crippen LogP contribution is -2.43. The highest BCUT2D eigenvalue weighted by Crippen LogP contribution is 2.46. The summed E-state index contributed by atoms with van der Waals surface area (Å²) in [7, 11) is 1.24. The fourth-order valence-corrected chi connectivity index (χ4v) is 5.51. The minimum absolute atomic E-state index is 0.106. The molecule has 3 unspecified atom stereocenters. The Morgan fingerprint density at radius 1 is 1.17 bits per heavy atom. The van der Waals surface area contributed by atoms with E-state index in [1.54, 1.807) is 32.9 Å². The normalized spacial score (nSPS) is 24.7. The Morgan fingerprint density at radius 2 is 1.86 bits per heavy atom. The number of hydrogen-bond donors (Lipinski definition) is 1. The van der Waals surface area contributed by atoms with Crippen molar-refractivity contribution >= 4 is 23.4 Å². The molecule has 0 bridgehead atoms. The van der Waals surface area contributed by atoms with E-state index in [0.717, 1.165) is 25.7 Å². The summed E-state index contributed by atoms with van der Waals surface area (Å²) in [5.74, 6) is -3.86. The van der Waals surface area contributed by atoms with Gasteiger partial charge < -0.3 is 14.8 Å². The van der Waals surface area contributed by atoms with Crippen LogP contribution in [0, 0.1) is 28.9 Å². The molecule has 1 fully saturated rings. The van der Waals surface area contributed by atoms with Crippen LogP contribution < -0.4 is 5.32 Å². The van der Waals surface area contributed by atoms with Gasteiger partial charge in [0.1, 0.15) is 12.0 Å². The highest BCUT2D eigenvalue weighted by molar-refractivity contribution is 6.12. The number of allylic oxidation sites excluding steroid dienone is 3. The minimum Gasteiger partial charge on any atom is -0.468 e. The number of nitro benzene ring substituents is 1. The van der Waals surface area contributed by atoms with Crippen molar-refractivity contribution in [2.45, 2.75) is 64.9 Å². The number of Topliss-reactive ketones (excluding diaryl/α,β-unsaturated/α-hetero) is 1. The van der Waals surface area contributed by atoms with Gasteiger partial charge in [0.2, 0.25) is 0 Å². The van der Waals surface area contributed by atoms with E-state index < -0.39 is 34.5 Å². The zero-order valence-corrected chi connectivity index (χ0v) is 20.4. The fourth-order valence-electron chi connectivity index (χ4n) is 5.51. The van der Waals surface area contributed by atoms with Gasteiger partial charge in [0.15, 0.2) is 5.78 Å². The maximum Gasteiger partial charge on any atom is 0.337 e. The molecule has 1 aliphatic heterocycles. The number of benzene rings is 1. The SMILES string of the molecule is COC(=O)C1C(=O)C2=C(CC1C)NC(C)=C(C(=O)OC1CCCC1)C2c1ccc(C)c([N+](=O)[O-])c1. The Kier molecular flexibility index (Phi) is 6.78. The number of nitro groups is 1. The van der Waals surface area contributed by atoms with Crippen LogP contribution in [0.15, 0.2) is 40.7 Å². The Morgan fingerprint density at radius 3 is 2.49 bits per heavy atom. The highest BCUT2D eigenvalue weighted by Gasteiger charge is 2.47. The average molecular weight is 483 g/mol. The lowest BCUT2D eigenvalue weighted by Gasteiger charge is -2.38. The highest BCUT2D eigenvalue weighted by atomic mass is 16.6. The molecular weight excluding hydrogens is 452 g/mol. The van der Waals surface area contributed by atoms with E-state index in [9.17, 15) is 24.5 Å². The van der Waals surface area contributed by atoms with Gasteiger partial charge in [0.25, 0.3) is 5.69 Å². The number of nitrogens with zero attached hydrogens (tertiary/aromatic N) is 1. The predicted octanol–water partition coefficient (Wildman–Crippen LogP) is 4.00. The van der Waals surface area contributed by atoms with E-state index in [2.05, 4.69) is 5.32 Å². The Balaban J connectivity index is 1.86. The van der Waals surface area contributed by atoms with Crippen LogP contribution in [0.3, 0.4) is 0 Å². The van der Waals surface area contributed by atoms with Gasteiger partial charge in [-0.05, 0) is 57.4 Å². The Bertz CT molecular complexity index is 1160. The van der Waals surface area contributed by atoms with E-state index >= 15 is 0 Å². The maximum absolute atomic E-state index is 13.8. The summed E-state index contributed by atoms with van der Waals surface area (Å²) in [6, 6.07) is 4.71. The van der Waals surface area contributed by atoms with E-state index in [-0.39, 0.29) is 28.9 Å². The van der Waals surface area contributed by atoms with Crippen LogP contribution in [0.4, 0.5) is 5.69 Å². The van der Waals surface area contributed by atoms with Crippen molar-refractivity contribution in [1.82, 2.24) is 5.32 Å². The third kappa shape index (κ3) is 4.47. The molecule has 0 aromatic heterocycles. The number of ketones is 1. The molecule has 3 aliphatic rings. The summed E-state index contributed by atoms with van der Waals surface area (Å²) in [4.78, 5) is 51.0. The van der Waals surface area contributed by atoms with Crippen LogP contribution >= 0.6 is 0 Å². The molecule has 35 heavy (non-hydrogen) atoms.